The van der Waals surface area contributed by atoms with E-state index < -0.39 is 0 Å². The average molecular weight is 361 g/mol. The van der Waals surface area contributed by atoms with E-state index in [1.807, 2.05) is 12.1 Å². The third-order valence-corrected chi connectivity index (χ3v) is 3.43. The zero-order valence-corrected chi connectivity index (χ0v) is 15.0. The first-order chi connectivity index (χ1) is 11.1. The van der Waals surface area contributed by atoms with Gasteiger partial charge in [0, 0.05) is 0 Å². The molecule has 6 heteroatoms. The van der Waals surface area contributed by atoms with Crippen molar-refractivity contribution in [3.8, 4) is 11.5 Å². The fourth-order valence-corrected chi connectivity index (χ4v) is 2.18. The number of aryl methyl sites for hydroxylation is 2. The molecule has 0 atom stereocenters. The molecule has 0 radical (unpaired) electrons. The smallest absolute Gasteiger partial charge is 0.145 e. The molecule has 0 saturated carbocycles. The summed E-state index contributed by atoms with van der Waals surface area (Å²) in [6.07, 6.45) is 3.96. The zero-order chi connectivity index (χ0) is 17.1. The minimum Gasteiger partial charge on any atom is -0.491 e. The van der Waals surface area contributed by atoms with Crippen molar-refractivity contribution in [2.45, 2.75) is 26.7 Å². The predicted molar refractivity (Wildman–Crippen MR) is 92.9 cm³/mol. The lowest BCUT2D eigenvalue weighted by atomic mass is 10.0. The lowest BCUT2D eigenvalue weighted by Gasteiger charge is -2.17. The van der Waals surface area contributed by atoms with Crippen molar-refractivity contribution in [2.75, 3.05) is 26.4 Å². The van der Waals surface area contributed by atoms with Crippen molar-refractivity contribution in [3.63, 3.8) is 0 Å². The van der Waals surface area contributed by atoms with Crippen LogP contribution in [0.1, 0.15) is 25.0 Å². The van der Waals surface area contributed by atoms with Crippen LogP contribution in [0.2, 0.25) is 0 Å². The third-order valence-electron chi connectivity index (χ3n) is 3.13. The van der Waals surface area contributed by atoms with Gasteiger partial charge in [-0.3, -0.25) is 0 Å². The summed E-state index contributed by atoms with van der Waals surface area (Å²) in [5.41, 5.74) is 2.13. The molecule has 0 saturated heterocycles. The van der Waals surface area contributed by atoms with Crippen LogP contribution in [0.15, 0.2) is 22.7 Å². The first kappa shape index (κ1) is 19.8. The van der Waals surface area contributed by atoms with Gasteiger partial charge < -0.3 is 19.0 Å². The monoisotopic (exact) mass is 360 g/mol. The van der Waals surface area contributed by atoms with E-state index in [0.717, 1.165) is 41.8 Å². The maximum Gasteiger partial charge on any atom is 0.145 e. The number of ether oxygens (including phenoxy) is 3. The van der Waals surface area contributed by atoms with Crippen molar-refractivity contribution < 1.29 is 19.0 Å². The molecule has 0 N–H and O–H groups in total. The highest BCUT2D eigenvalue weighted by Crippen LogP contribution is 2.31. The fourth-order valence-electron chi connectivity index (χ4n) is 2.05. The van der Waals surface area contributed by atoms with E-state index in [2.05, 4.69) is 13.8 Å². The Labute approximate surface area is 147 Å². The summed E-state index contributed by atoms with van der Waals surface area (Å²) in [7, 11) is 0. The van der Waals surface area contributed by atoms with E-state index in [4.69, 9.17) is 37.4 Å². The molecule has 0 heterocycles. The molecule has 23 heavy (non-hydrogen) atoms. The summed E-state index contributed by atoms with van der Waals surface area (Å²) < 4.78 is 16.8. The molecule has 1 rings (SSSR count). The molecule has 0 aliphatic carbocycles. The van der Waals surface area contributed by atoms with E-state index in [9.17, 15) is 4.79 Å². The molecular formula is C17H22Cl2O4. The number of aldehydes is 1. The number of carbonyl (C=O) groups excluding carboxylic acids is 1. The van der Waals surface area contributed by atoms with Gasteiger partial charge in [-0.25, -0.2) is 0 Å². The van der Waals surface area contributed by atoms with Crippen LogP contribution in [-0.4, -0.2) is 32.7 Å². The van der Waals surface area contributed by atoms with Gasteiger partial charge in [-0.15, -0.1) is 0 Å². The molecule has 0 aliphatic rings. The first-order valence-electron chi connectivity index (χ1n) is 7.56. The van der Waals surface area contributed by atoms with E-state index >= 15 is 0 Å². The first-order valence-corrected chi connectivity index (χ1v) is 8.31. The van der Waals surface area contributed by atoms with Crippen LogP contribution in [0.4, 0.5) is 0 Å². The van der Waals surface area contributed by atoms with Gasteiger partial charge in [0.2, 0.25) is 0 Å². The summed E-state index contributed by atoms with van der Waals surface area (Å²) in [4.78, 5) is 10.2. The number of carbonyl (C=O) groups is 1. The Morgan fingerprint density at radius 1 is 1.04 bits per heavy atom. The number of benzene rings is 1. The van der Waals surface area contributed by atoms with Crippen LogP contribution in [-0.2, 0) is 22.4 Å². The lowest BCUT2D eigenvalue weighted by molar-refractivity contribution is -0.112. The van der Waals surface area contributed by atoms with Crippen molar-refractivity contribution in [3.05, 3.63) is 33.8 Å². The Kier molecular flexibility index (Phi) is 9.76. The Balaban J connectivity index is 2.80. The van der Waals surface area contributed by atoms with Crippen LogP contribution < -0.4 is 9.47 Å². The zero-order valence-electron chi connectivity index (χ0n) is 13.4. The van der Waals surface area contributed by atoms with E-state index in [-0.39, 0.29) is 11.1 Å². The van der Waals surface area contributed by atoms with E-state index in [1.165, 1.54) is 0 Å². The highest BCUT2D eigenvalue weighted by atomic mass is 35.5. The van der Waals surface area contributed by atoms with Crippen LogP contribution in [0, 0.1) is 0 Å². The minimum absolute atomic E-state index is 0.0913. The third kappa shape index (κ3) is 7.25. The van der Waals surface area contributed by atoms with Crippen molar-refractivity contribution in [1.29, 1.82) is 0 Å². The van der Waals surface area contributed by atoms with E-state index in [0.29, 0.717) is 19.8 Å². The van der Waals surface area contributed by atoms with Gasteiger partial charge in [0.1, 0.15) is 42.1 Å². The maximum absolute atomic E-state index is 10.2. The second-order valence-electron chi connectivity index (χ2n) is 4.67. The Hall–Kier alpha value is -1.23. The van der Waals surface area contributed by atoms with Crippen LogP contribution in [0.25, 0.3) is 0 Å². The molecule has 0 aliphatic heterocycles. The van der Waals surface area contributed by atoms with Crippen LogP contribution in [0.5, 0.6) is 11.5 Å². The van der Waals surface area contributed by atoms with Crippen LogP contribution in [0.3, 0.4) is 0 Å². The molecule has 0 aromatic heterocycles. The molecule has 0 amide bonds. The van der Waals surface area contributed by atoms with Gasteiger partial charge in [0.15, 0.2) is 0 Å². The number of rotatable bonds is 11. The summed E-state index contributed by atoms with van der Waals surface area (Å²) in [5.74, 6) is 1.62. The molecule has 0 spiro atoms. The lowest BCUT2D eigenvalue weighted by Crippen LogP contribution is -2.10. The van der Waals surface area contributed by atoms with Crippen molar-refractivity contribution in [1.82, 2.24) is 0 Å². The number of halogens is 2. The molecule has 0 bridgehead atoms. The van der Waals surface area contributed by atoms with Crippen molar-refractivity contribution >= 4 is 29.5 Å². The summed E-state index contributed by atoms with van der Waals surface area (Å²) in [5, 5.41) is 0. The van der Waals surface area contributed by atoms with Gasteiger partial charge in [-0.2, -0.15) is 0 Å². The SMILES string of the molecule is CCc1cc(OCC=C(Cl)Cl)cc(CC)c1OCCOCC=O. The maximum atomic E-state index is 10.2. The Morgan fingerprint density at radius 2 is 1.70 bits per heavy atom. The predicted octanol–water partition coefficient (Wildman–Crippen LogP) is 4.10. The largest absolute Gasteiger partial charge is 0.491 e. The summed E-state index contributed by atoms with van der Waals surface area (Å²) >= 11 is 11.1. The topological polar surface area (TPSA) is 44.8 Å². The Morgan fingerprint density at radius 3 is 2.22 bits per heavy atom. The molecule has 4 nitrogen and oxygen atoms in total. The normalized spacial score (nSPS) is 10.3. The standard InChI is InChI=1S/C17H22Cl2O4/c1-3-13-11-15(22-7-5-16(18)19)12-14(4-2)17(13)23-10-9-21-8-6-20/h5-6,11-12H,3-4,7-10H2,1-2H3. The van der Waals surface area contributed by atoms with Crippen molar-refractivity contribution in [2.24, 2.45) is 0 Å². The van der Waals surface area contributed by atoms with Gasteiger partial charge in [0.25, 0.3) is 0 Å². The second-order valence-corrected chi connectivity index (χ2v) is 5.68. The summed E-state index contributed by atoms with van der Waals surface area (Å²) in [6, 6.07) is 3.91. The average Bonchev–Trinajstić information content (AvgIpc) is 2.54. The minimum atomic E-state index is 0.0913. The van der Waals surface area contributed by atoms with Gasteiger partial charge >= 0.3 is 0 Å². The van der Waals surface area contributed by atoms with E-state index in [1.54, 1.807) is 6.08 Å². The molecule has 1 aromatic carbocycles. The van der Waals surface area contributed by atoms with Gasteiger partial charge in [-0.1, -0.05) is 37.0 Å². The molecular weight excluding hydrogens is 339 g/mol. The Bertz CT molecular complexity index is 500. The molecule has 1 aromatic rings. The van der Waals surface area contributed by atoms with Gasteiger partial charge in [0.05, 0.1) is 6.61 Å². The molecule has 0 fully saturated rings. The van der Waals surface area contributed by atoms with Gasteiger partial charge in [-0.05, 0) is 42.2 Å². The molecule has 128 valence electrons. The summed E-state index contributed by atoms with van der Waals surface area (Å²) in [6.45, 7) is 5.30. The number of hydrogen-bond donors (Lipinski definition) is 0. The molecule has 0 unspecified atom stereocenters. The number of hydrogen-bond acceptors (Lipinski definition) is 4. The second kappa shape index (κ2) is 11.3. The van der Waals surface area contributed by atoms with Crippen LogP contribution >= 0.6 is 23.2 Å². The highest BCUT2D eigenvalue weighted by molar-refractivity contribution is 6.55. The quantitative estimate of drug-likeness (QED) is 0.440. The fraction of sp³-hybridized carbons (Fsp3) is 0.471. The highest BCUT2D eigenvalue weighted by Gasteiger charge is 2.11.